The van der Waals surface area contributed by atoms with Crippen LogP contribution >= 0.6 is 7.82 Å². The monoisotopic (exact) mass is 841 g/mol. The summed E-state index contributed by atoms with van der Waals surface area (Å²) < 4.78 is 66.9. The van der Waals surface area contributed by atoms with Gasteiger partial charge in [-0.1, -0.05) is 29.4 Å². The summed E-state index contributed by atoms with van der Waals surface area (Å²) in [4.78, 5) is 65.3. The van der Waals surface area contributed by atoms with E-state index in [1.807, 2.05) is 13.8 Å². The SMILES string of the molecule is CC1=NO[C@@]2(CC[C@H](C)N3CC2n2cc(C(=O)NCc4ccc(F)cc4F)c(=O)c(OC(=O)N(C)Cc4ccccc4OP(=O)(OC(C)(C)C)OC(C)(C)C)c2C3=O)C1. The molecule has 59 heavy (non-hydrogen) atoms. The minimum atomic E-state index is -4.25. The molecular formula is C41H50F2N5O10P. The first-order valence-electron chi connectivity index (χ1n) is 19.2. The Bertz CT molecular complexity index is 2280. The maximum absolute atomic E-state index is 14.5. The lowest BCUT2D eigenvalue weighted by Crippen LogP contribution is -2.52. The minimum Gasteiger partial charge on any atom is -0.404 e. The highest BCUT2D eigenvalue weighted by molar-refractivity contribution is 7.49. The molecule has 1 N–H and O–H groups in total. The van der Waals surface area contributed by atoms with Crippen LogP contribution in [0.2, 0.25) is 0 Å². The average molecular weight is 842 g/mol. The third kappa shape index (κ3) is 9.53. The Labute approximate surface area is 341 Å². The van der Waals surface area contributed by atoms with Crippen molar-refractivity contribution in [1.29, 1.82) is 0 Å². The first kappa shape index (κ1) is 43.5. The summed E-state index contributed by atoms with van der Waals surface area (Å²) in [5.41, 5.74) is -3.62. The van der Waals surface area contributed by atoms with E-state index in [1.165, 1.54) is 23.9 Å². The smallest absolute Gasteiger partial charge is 0.404 e. The fourth-order valence-corrected chi connectivity index (χ4v) is 9.23. The number of nitrogens with zero attached hydrogens (tertiary/aromatic N) is 4. The van der Waals surface area contributed by atoms with Gasteiger partial charge in [0.05, 0.1) is 29.5 Å². The number of carbonyl (C=O) groups excluding carboxylic acids is 3. The van der Waals surface area contributed by atoms with Crippen molar-refractivity contribution in [2.45, 2.75) is 117 Å². The van der Waals surface area contributed by atoms with Crippen LogP contribution in [0.4, 0.5) is 13.6 Å². The second-order valence-corrected chi connectivity index (χ2v) is 18.6. The van der Waals surface area contributed by atoms with E-state index in [9.17, 15) is 32.5 Å². The number of nitrogens with one attached hydrogen (secondary N) is 1. The van der Waals surface area contributed by atoms with E-state index < -0.39 is 83.5 Å². The lowest BCUT2D eigenvalue weighted by atomic mass is 9.84. The maximum Gasteiger partial charge on any atom is 0.531 e. The topological polar surface area (TPSA) is 167 Å². The van der Waals surface area contributed by atoms with Crippen LogP contribution < -0.4 is 20.0 Å². The summed E-state index contributed by atoms with van der Waals surface area (Å²) in [5, 5.41) is 6.72. The molecule has 1 fully saturated rings. The van der Waals surface area contributed by atoms with E-state index in [2.05, 4.69) is 10.5 Å². The van der Waals surface area contributed by atoms with Gasteiger partial charge in [0.1, 0.15) is 22.9 Å². The number of hydrogen-bond acceptors (Lipinski definition) is 11. The fraction of sp³-hybridized carbons (Fsp3) is 0.488. The molecule has 3 aromatic rings. The molecule has 3 atom stereocenters. The summed E-state index contributed by atoms with van der Waals surface area (Å²) in [5.74, 6) is -3.89. The Kier molecular flexibility index (Phi) is 11.9. The number of ether oxygens (including phenoxy) is 1. The van der Waals surface area contributed by atoms with Crippen LogP contribution in [0, 0.1) is 11.6 Å². The first-order chi connectivity index (χ1) is 27.5. The number of hydrogen-bond donors (Lipinski definition) is 1. The standard InChI is InChI=1S/C41H50F2N5O10P/c1-24-19-41(56-45-24)17-16-25(2)47-23-32(41)48-22-29(36(50)44-20-26-14-15-28(42)18-30(26)43)34(49)35(33(48)37(47)51)54-38(52)46(9)21-27-12-10-11-13-31(27)55-59(53,57-39(3,4)5)58-40(6,7)8/h10-15,18,22,25,32H,16-17,19-21,23H2,1-9H3,(H,44,50)/t25-,32?,41-/m0/s1. The zero-order chi connectivity index (χ0) is 43.2. The van der Waals surface area contributed by atoms with Gasteiger partial charge in [-0.05, 0) is 80.4 Å². The molecule has 0 radical (unpaired) electrons. The van der Waals surface area contributed by atoms with Crippen LogP contribution in [0.1, 0.15) is 113 Å². The highest BCUT2D eigenvalue weighted by atomic mass is 31.2. The summed E-state index contributed by atoms with van der Waals surface area (Å²) in [7, 11) is -2.88. The number of aromatic nitrogens is 1. The Balaban J connectivity index is 1.37. The van der Waals surface area contributed by atoms with E-state index >= 15 is 0 Å². The van der Waals surface area contributed by atoms with E-state index in [0.29, 0.717) is 36.6 Å². The molecule has 2 aromatic carbocycles. The van der Waals surface area contributed by atoms with Crippen molar-refractivity contribution in [3.63, 3.8) is 0 Å². The highest BCUT2D eigenvalue weighted by Gasteiger charge is 2.54. The molecule has 6 rings (SSSR count). The van der Waals surface area contributed by atoms with E-state index in [0.717, 1.165) is 17.0 Å². The van der Waals surface area contributed by atoms with Gasteiger partial charge in [0.15, 0.2) is 11.3 Å². The van der Waals surface area contributed by atoms with E-state index in [-0.39, 0.29) is 36.1 Å². The molecule has 1 saturated heterocycles. The number of phosphoric ester groups is 1. The molecule has 0 saturated carbocycles. The number of oxime groups is 1. The number of benzene rings is 2. The minimum absolute atomic E-state index is 0.0452. The molecule has 2 bridgehead atoms. The van der Waals surface area contributed by atoms with E-state index in [1.54, 1.807) is 64.6 Å². The highest BCUT2D eigenvalue weighted by Crippen LogP contribution is 2.55. The number of carbonyl (C=O) groups is 3. The molecular weight excluding hydrogens is 791 g/mol. The quantitative estimate of drug-likeness (QED) is 0.202. The fourth-order valence-electron chi connectivity index (χ4n) is 7.36. The normalized spacial score (nSPS) is 20.4. The maximum atomic E-state index is 14.5. The van der Waals surface area contributed by atoms with Gasteiger partial charge >= 0.3 is 13.9 Å². The molecule has 18 heteroatoms. The molecule has 1 aromatic heterocycles. The van der Waals surface area contributed by atoms with Gasteiger partial charge in [0.2, 0.25) is 11.2 Å². The second-order valence-electron chi connectivity index (χ2n) is 17.2. The molecule has 1 unspecified atom stereocenters. The Morgan fingerprint density at radius 1 is 1.05 bits per heavy atom. The second kappa shape index (κ2) is 16.1. The van der Waals surface area contributed by atoms with Crippen LogP contribution in [0.15, 0.2) is 58.6 Å². The molecule has 3 amide bonds. The van der Waals surface area contributed by atoms with Crippen LogP contribution in [0.25, 0.3) is 0 Å². The van der Waals surface area contributed by atoms with Crippen LogP contribution in [-0.4, -0.2) is 74.4 Å². The number of phosphoric acid groups is 1. The van der Waals surface area contributed by atoms with E-state index in [4.69, 9.17) is 23.1 Å². The third-order valence-electron chi connectivity index (χ3n) is 9.99. The molecule has 318 valence electrons. The first-order valence-corrected chi connectivity index (χ1v) is 20.7. The van der Waals surface area contributed by atoms with Crippen LogP contribution in [0.5, 0.6) is 11.5 Å². The third-order valence-corrected chi connectivity index (χ3v) is 11.9. The summed E-state index contributed by atoms with van der Waals surface area (Å²) in [6, 6.07) is 8.35. The average Bonchev–Trinajstić information content (AvgIpc) is 3.45. The number of fused-ring (bicyclic) bond motifs is 5. The van der Waals surface area contributed by atoms with Crippen LogP contribution in [0.3, 0.4) is 0 Å². The number of amides is 3. The molecule has 3 aliphatic rings. The van der Waals surface area contributed by atoms with Crippen molar-refractivity contribution in [2.75, 3.05) is 13.6 Å². The van der Waals surface area contributed by atoms with Crippen molar-refractivity contribution in [3.05, 3.63) is 92.9 Å². The van der Waals surface area contributed by atoms with Gasteiger partial charge < -0.3 is 33.8 Å². The van der Waals surface area contributed by atoms with Crippen molar-refractivity contribution in [1.82, 2.24) is 19.7 Å². The molecule has 4 heterocycles. The van der Waals surface area contributed by atoms with Gasteiger partial charge in [-0.15, -0.1) is 0 Å². The molecule has 0 aliphatic carbocycles. The van der Waals surface area contributed by atoms with Gasteiger partial charge in [0, 0.05) is 56.0 Å². The lowest BCUT2D eigenvalue weighted by Gasteiger charge is -2.42. The lowest BCUT2D eigenvalue weighted by molar-refractivity contribution is -0.0655. The Morgan fingerprint density at radius 3 is 2.36 bits per heavy atom. The summed E-state index contributed by atoms with van der Waals surface area (Å²) >= 11 is 0. The predicted molar refractivity (Wildman–Crippen MR) is 212 cm³/mol. The van der Waals surface area contributed by atoms with Crippen molar-refractivity contribution in [2.24, 2.45) is 5.16 Å². The number of halogens is 2. The predicted octanol–water partition coefficient (Wildman–Crippen LogP) is 7.52. The Hall–Kier alpha value is -5.12. The summed E-state index contributed by atoms with van der Waals surface area (Å²) in [6.07, 6.45) is 1.57. The molecule has 1 spiro atoms. The van der Waals surface area contributed by atoms with Gasteiger partial charge in [-0.25, -0.2) is 18.1 Å². The van der Waals surface area contributed by atoms with Crippen molar-refractivity contribution < 1.29 is 50.9 Å². The summed E-state index contributed by atoms with van der Waals surface area (Å²) in [6.45, 7) is 13.4. The van der Waals surface area contributed by atoms with Crippen molar-refractivity contribution in [3.8, 4) is 11.5 Å². The zero-order valence-electron chi connectivity index (χ0n) is 34.6. The largest absolute Gasteiger partial charge is 0.531 e. The Morgan fingerprint density at radius 2 is 1.73 bits per heavy atom. The van der Waals surface area contributed by atoms with Gasteiger partial charge in [0.25, 0.3) is 11.8 Å². The molecule has 3 aliphatic heterocycles. The van der Waals surface area contributed by atoms with Crippen molar-refractivity contribution >= 4 is 31.4 Å². The zero-order valence-corrected chi connectivity index (χ0v) is 35.5. The van der Waals surface area contributed by atoms with Gasteiger partial charge in [-0.2, -0.15) is 0 Å². The van der Waals surface area contributed by atoms with Gasteiger partial charge in [-0.3, -0.25) is 23.4 Å². The van der Waals surface area contributed by atoms with Crippen LogP contribution in [-0.2, 0) is 31.5 Å². The number of rotatable bonds is 10. The molecule has 15 nitrogen and oxygen atoms in total. The number of pyridine rings is 1. The number of para-hydroxylation sites is 1.